The Labute approximate surface area is 220 Å². The lowest BCUT2D eigenvalue weighted by molar-refractivity contribution is -0.266. The van der Waals surface area contributed by atoms with Crippen LogP contribution in [0.15, 0.2) is 67.1 Å². The number of nitrogens with zero attached hydrogens (tertiary/aromatic N) is 3. The van der Waals surface area contributed by atoms with Gasteiger partial charge in [0.1, 0.15) is 5.82 Å². The molecule has 0 amide bonds. The van der Waals surface area contributed by atoms with Crippen molar-refractivity contribution < 1.29 is 18.3 Å². The van der Waals surface area contributed by atoms with Crippen LogP contribution in [0.5, 0.6) is 0 Å². The van der Waals surface area contributed by atoms with Crippen molar-refractivity contribution in [3.8, 4) is 11.1 Å². The van der Waals surface area contributed by atoms with E-state index >= 15 is 0 Å². The van der Waals surface area contributed by atoms with Gasteiger partial charge in [-0.1, -0.05) is 44.2 Å². The van der Waals surface area contributed by atoms with Gasteiger partial charge in [-0.2, -0.15) is 13.2 Å². The second kappa shape index (κ2) is 10.1. The van der Waals surface area contributed by atoms with Crippen LogP contribution in [-0.2, 0) is 11.8 Å². The SMILES string of the molecule is CC(C)(CC(O)(Cc1cc2cc(N3CCCCC3)ncc2[nH]1)C(F)(F)F)c1cccc(-c2cccnc2)c1. The van der Waals surface area contributed by atoms with Crippen LogP contribution in [0.3, 0.4) is 0 Å². The number of fused-ring (bicyclic) bond motifs is 1. The molecular weight excluding hydrogens is 489 g/mol. The first-order chi connectivity index (χ1) is 18.0. The molecule has 200 valence electrons. The molecule has 38 heavy (non-hydrogen) atoms. The molecule has 8 heteroatoms. The Morgan fingerprint density at radius 1 is 0.947 bits per heavy atom. The smallest absolute Gasteiger partial charge is 0.380 e. The van der Waals surface area contributed by atoms with Crippen LogP contribution in [0.2, 0.25) is 0 Å². The summed E-state index contributed by atoms with van der Waals surface area (Å²) >= 11 is 0. The van der Waals surface area contributed by atoms with Crippen LogP contribution in [0, 0.1) is 0 Å². The fourth-order valence-corrected chi connectivity index (χ4v) is 5.54. The summed E-state index contributed by atoms with van der Waals surface area (Å²) in [5.74, 6) is 0.837. The summed E-state index contributed by atoms with van der Waals surface area (Å²) in [6, 6.07) is 14.8. The fourth-order valence-electron chi connectivity index (χ4n) is 5.54. The highest BCUT2D eigenvalue weighted by Crippen LogP contribution is 2.43. The van der Waals surface area contributed by atoms with Crippen LogP contribution in [0.1, 0.15) is 50.8 Å². The summed E-state index contributed by atoms with van der Waals surface area (Å²) in [5, 5.41) is 12.0. The average molecular weight is 523 g/mol. The average Bonchev–Trinajstić information content (AvgIpc) is 3.30. The van der Waals surface area contributed by atoms with E-state index in [1.54, 1.807) is 38.5 Å². The third-order valence-electron chi connectivity index (χ3n) is 7.61. The molecule has 0 spiro atoms. The number of alkyl halides is 3. The van der Waals surface area contributed by atoms with Gasteiger partial charge in [-0.25, -0.2) is 4.98 Å². The Bertz CT molecular complexity index is 1390. The summed E-state index contributed by atoms with van der Waals surface area (Å²) < 4.78 is 43.4. The first-order valence-electron chi connectivity index (χ1n) is 13.1. The van der Waals surface area contributed by atoms with Crippen LogP contribution in [0.4, 0.5) is 19.0 Å². The lowest BCUT2D eigenvalue weighted by Gasteiger charge is -2.38. The molecule has 3 aromatic heterocycles. The van der Waals surface area contributed by atoms with Crippen molar-refractivity contribution in [1.82, 2.24) is 15.0 Å². The first kappa shape index (κ1) is 26.2. The number of hydrogen-bond acceptors (Lipinski definition) is 4. The third kappa shape index (κ3) is 5.41. The Balaban J connectivity index is 1.41. The highest BCUT2D eigenvalue weighted by Gasteiger charge is 2.56. The standard InChI is InChI=1S/C30H33F3N4O/c1-28(2,24-10-6-8-21(14-24)22-9-7-11-34-18-22)20-29(38,30(31,32)33)17-25-15-23-16-27(35-19-26(23)36-25)37-12-4-3-5-13-37/h6-11,14-16,18-19,36,38H,3-5,12-13,17,20H2,1-2H3. The number of rotatable bonds is 7. The van der Waals surface area contributed by atoms with Crippen molar-refractivity contribution in [2.24, 2.45) is 0 Å². The van der Waals surface area contributed by atoms with Crippen molar-refractivity contribution in [1.29, 1.82) is 0 Å². The lowest BCUT2D eigenvalue weighted by Crippen LogP contribution is -2.50. The predicted octanol–water partition coefficient (Wildman–Crippen LogP) is 6.82. The van der Waals surface area contributed by atoms with Crippen LogP contribution < -0.4 is 4.90 Å². The molecule has 0 radical (unpaired) electrons. The molecule has 4 heterocycles. The van der Waals surface area contributed by atoms with Crippen LogP contribution in [0.25, 0.3) is 22.0 Å². The molecule has 1 aromatic carbocycles. The zero-order valence-electron chi connectivity index (χ0n) is 21.7. The van der Waals surface area contributed by atoms with Crippen molar-refractivity contribution in [2.75, 3.05) is 18.0 Å². The zero-order chi connectivity index (χ0) is 27.0. The van der Waals surface area contributed by atoms with Gasteiger partial charge in [0.2, 0.25) is 0 Å². The minimum atomic E-state index is -4.82. The highest BCUT2D eigenvalue weighted by molar-refractivity contribution is 5.82. The normalized spacial score (nSPS) is 16.5. The Hall–Kier alpha value is -3.39. The Kier molecular flexibility index (Phi) is 6.94. The van der Waals surface area contributed by atoms with E-state index in [-0.39, 0.29) is 0 Å². The number of piperidine rings is 1. The van der Waals surface area contributed by atoms with Gasteiger partial charge in [-0.15, -0.1) is 0 Å². The molecule has 0 bridgehead atoms. The predicted molar refractivity (Wildman–Crippen MR) is 144 cm³/mol. The van der Waals surface area contributed by atoms with Crippen LogP contribution >= 0.6 is 0 Å². The molecule has 1 unspecified atom stereocenters. The molecule has 1 aliphatic heterocycles. The molecule has 1 fully saturated rings. The molecule has 5 nitrogen and oxygen atoms in total. The molecule has 2 N–H and O–H groups in total. The minimum absolute atomic E-state index is 0.331. The number of benzene rings is 1. The van der Waals surface area contributed by atoms with Gasteiger partial charge in [-0.3, -0.25) is 4.98 Å². The largest absolute Gasteiger partial charge is 0.417 e. The van der Waals surface area contributed by atoms with Gasteiger partial charge >= 0.3 is 6.18 Å². The lowest BCUT2D eigenvalue weighted by atomic mass is 9.73. The molecule has 4 aromatic rings. The second-order valence-electron chi connectivity index (χ2n) is 11.1. The van der Waals surface area contributed by atoms with E-state index in [4.69, 9.17) is 0 Å². The van der Waals surface area contributed by atoms with E-state index in [0.29, 0.717) is 16.8 Å². The van der Waals surface area contributed by atoms with E-state index in [1.165, 1.54) is 6.42 Å². The second-order valence-corrected chi connectivity index (χ2v) is 11.1. The van der Waals surface area contributed by atoms with Crippen molar-refractivity contribution in [3.05, 3.63) is 78.4 Å². The summed E-state index contributed by atoms with van der Waals surface area (Å²) in [7, 11) is 0. The zero-order valence-corrected chi connectivity index (χ0v) is 21.7. The van der Waals surface area contributed by atoms with E-state index in [9.17, 15) is 18.3 Å². The van der Waals surface area contributed by atoms with Crippen LogP contribution in [-0.4, -0.2) is 44.9 Å². The number of pyridine rings is 2. The first-order valence-corrected chi connectivity index (χ1v) is 13.1. The molecule has 5 rings (SSSR count). The number of anilines is 1. The summed E-state index contributed by atoms with van der Waals surface area (Å²) in [6.07, 6.45) is 2.60. The van der Waals surface area contributed by atoms with E-state index < -0.39 is 30.0 Å². The van der Waals surface area contributed by atoms with Gasteiger partial charge in [0.15, 0.2) is 5.60 Å². The molecular formula is C30H33F3N4O. The van der Waals surface area contributed by atoms with E-state index in [0.717, 1.165) is 48.3 Å². The van der Waals surface area contributed by atoms with E-state index in [1.807, 2.05) is 42.5 Å². The van der Waals surface area contributed by atoms with Gasteiger partial charge in [0.25, 0.3) is 0 Å². The number of halogens is 3. The maximum atomic E-state index is 14.5. The number of nitrogens with one attached hydrogen (secondary N) is 1. The third-order valence-corrected chi connectivity index (χ3v) is 7.61. The number of aromatic amines is 1. The van der Waals surface area contributed by atoms with Gasteiger partial charge in [0.05, 0.1) is 11.7 Å². The monoisotopic (exact) mass is 522 g/mol. The molecule has 1 saturated heterocycles. The number of hydrogen-bond donors (Lipinski definition) is 2. The summed E-state index contributed by atoms with van der Waals surface area (Å²) in [5.41, 5.74) is -0.430. The van der Waals surface area contributed by atoms with Crippen molar-refractivity contribution in [2.45, 2.75) is 63.1 Å². The Morgan fingerprint density at radius 3 is 2.42 bits per heavy atom. The Morgan fingerprint density at radius 2 is 1.71 bits per heavy atom. The molecule has 1 atom stereocenters. The number of aliphatic hydroxyl groups is 1. The minimum Gasteiger partial charge on any atom is -0.380 e. The van der Waals surface area contributed by atoms with Crippen molar-refractivity contribution >= 4 is 16.7 Å². The molecule has 1 aliphatic rings. The number of H-pyrrole nitrogens is 1. The highest BCUT2D eigenvalue weighted by atomic mass is 19.4. The topological polar surface area (TPSA) is 65.0 Å². The molecule has 0 saturated carbocycles. The van der Waals surface area contributed by atoms with E-state index in [2.05, 4.69) is 19.9 Å². The van der Waals surface area contributed by atoms with Gasteiger partial charge in [-0.05, 0) is 66.0 Å². The van der Waals surface area contributed by atoms with Gasteiger partial charge < -0.3 is 15.0 Å². The quantitative estimate of drug-likeness (QED) is 0.280. The maximum absolute atomic E-state index is 14.5. The molecule has 0 aliphatic carbocycles. The maximum Gasteiger partial charge on any atom is 0.417 e. The summed E-state index contributed by atoms with van der Waals surface area (Å²) in [6.45, 7) is 5.35. The van der Waals surface area contributed by atoms with Crippen molar-refractivity contribution in [3.63, 3.8) is 0 Å². The fraction of sp³-hybridized carbons (Fsp3) is 0.400. The van der Waals surface area contributed by atoms with Gasteiger partial charge in [0, 0.05) is 43.0 Å². The number of aromatic nitrogens is 3. The summed E-state index contributed by atoms with van der Waals surface area (Å²) in [4.78, 5) is 13.9.